The maximum absolute atomic E-state index is 11.9. The minimum atomic E-state index is -0.558. The number of nitrogens with zero attached hydrogens (tertiary/aromatic N) is 3. The van der Waals surface area contributed by atoms with Gasteiger partial charge < -0.3 is 15.8 Å². The van der Waals surface area contributed by atoms with Gasteiger partial charge in [0.25, 0.3) is 10.9 Å². The molecule has 5 aromatic rings. The summed E-state index contributed by atoms with van der Waals surface area (Å²) in [6, 6.07) is 22.2. The van der Waals surface area contributed by atoms with Crippen LogP contribution in [0.4, 0.5) is 5.69 Å². The molecule has 0 atom stereocenters. The molecule has 10 nitrogen and oxygen atoms in total. The van der Waals surface area contributed by atoms with Gasteiger partial charge in [0.2, 0.25) is 6.41 Å². The summed E-state index contributed by atoms with van der Waals surface area (Å²) in [6.45, 7) is 2.55. The molecule has 220 valence electrons. The number of benzene rings is 2. The summed E-state index contributed by atoms with van der Waals surface area (Å²) in [5, 5.41) is 12.3. The minimum Gasteiger partial charge on any atom is -0.491 e. The number of carbonyl (C=O) groups excluding carboxylic acids is 1. The Morgan fingerprint density at radius 1 is 1.00 bits per heavy atom. The number of ether oxygens (including phenoxy) is 1. The standard InChI is InChI=1S/C32H29N5O4.CH5N/c1-41-31-28(29(39)30(31)40)34-23-11-14-36(15-12-23)18-20-7-9-22(10-8-20)27-24(21-5-3-2-4-6-21)17-25-26(35-27)13-16-37(19-38)32(25)33;1-2/h2-10,13,16-17,19,23,33-34H,11-12,14-15,18H2,1H3;2H2,1H3. The maximum atomic E-state index is 11.9. The molecule has 0 bridgehead atoms. The molecule has 3 aromatic carbocycles. The molecule has 4 N–H and O–H groups in total. The van der Waals surface area contributed by atoms with E-state index in [0.717, 1.165) is 54.9 Å². The van der Waals surface area contributed by atoms with E-state index in [-0.39, 0.29) is 17.3 Å². The van der Waals surface area contributed by atoms with Crippen molar-refractivity contribution in [2.75, 3.05) is 32.6 Å². The van der Waals surface area contributed by atoms with Crippen molar-refractivity contribution in [1.29, 1.82) is 5.41 Å². The average Bonchev–Trinajstić information content (AvgIpc) is 3.06. The number of fused-ring (bicyclic) bond motifs is 1. The quantitative estimate of drug-likeness (QED) is 0.188. The summed E-state index contributed by atoms with van der Waals surface area (Å²) >= 11 is 0. The van der Waals surface area contributed by atoms with Gasteiger partial charge in [0.1, 0.15) is 11.2 Å². The number of hydrogen-bond donors (Lipinski definition) is 3. The zero-order chi connectivity index (χ0) is 30.5. The molecule has 3 heterocycles. The minimum absolute atomic E-state index is 0.103. The number of likely N-dealkylation sites (tertiary alicyclic amines) is 1. The van der Waals surface area contributed by atoms with E-state index in [1.807, 2.05) is 36.4 Å². The number of piperidine rings is 1. The molecule has 1 aliphatic heterocycles. The summed E-state index contributed by atoms with van der Waals surface area (Å²) < 4.78 is 6.29. The van der Waals surface area contributed by atoms with Crippen molar-refractivity contribution < 1.29 is 9.53 Å². The van der Waals surface area contributed by atoms with Crippen LogP contribution in [0, 0.1) is 5.41 Å². The lowest BCUT2D eigenvalue weighted by Crippen LogP contribution is -2.42. The Labute approximate surface area is 248 Å². The molecule has 1 aliphatic rings. The molecule has 0 aliphatic carbocycles. The molecular formula is C33H34N6O4. The number of pyridine rings is 2. The Morgan fingerprint density at radius 2 is 1.70 bits per heavy atom. The van der Waals surface area contributed by atoms with E-state index in [4.69, 9.17) is 15.1 Å². The highest BCUT2D eigenvalue weighted by atomic mass is 16.5. The number of methoxy groups -OCH3 is 1. The third kappa shape index (κ3) is 5.88. The monoisotopic (exact) mass is 578 g/mol. The normalized spacial score (nSPS) is 13.8. The van der Waals surface area contributed by atoms with E-state index < -0.39 is 10.9 Å². The molecule has 0 saturated carbocycles. The molecule has 0 radical (unpaired) electrons. The van der Waals surface area contributed by atoms with Gasteiger partial charge >= 0.3 is 0 Å². The van der Waals surface area contributed by atoms with Gasteiger partial charge in [0.15, 0.2) is 5.75 Å². The van der Waals surface area contributed by atoms with Crippen LogP contribution in [0.2, 0.25) is 0 Å². The Bertz CT molecular complexity index is 1870. The molecule has 0 spiro atoms. The van der Waals surface area contributed by atoms with E-state index >= 15 is 0 Å². The van der Waals surface area contributed by atoms with Crippen LogP contribution < -0.4 is 32.1 Å². The zero-order valence-corrected chi connectivity index (χ0v) is 24.2. The zero-order valence-electron chi connectivity index (χ0n) is 24.2. The summed E-state index contributed by atoms with van der Waals surface area (Å²) in [7, 11) is 2.91. The molecule has 10 heteroatoms. The lowest BCUT2D eigenvalue weighted by Gasteiger charge is -2.33. The Hall–Kier alpha value is -4.93. The van der Waals surface area contributed by atoms with E-state index in [1.54, 1.807) is 12.3 Å². The number of hydrogen-bond acceptors (Lipinski definition) is 9. The highest BCUT2D eigenvalue weighted by molar-refractivity contribution is 5.91. The molecule has 2 aromatic heterocycles. The van der Waals surface area contributed by atoms with Crippen LogP contribution in [-0.2, 0) is 11.3 Å². The van der Waals surface area contributed by atoms with Crippen molar-refractivity contribution in [2.24, 2.45) is 5.73 Å². The first-order chi connectivity index (χ1) is 21.0. The predicted octanol–water partition coefficient (Wildman–Crippen LogP) is 3.14. The summed E-state index contributed by atoms with van der Waals surface area (Å²) in [4.78, 5) is 42.2. The lowest BCUT2D eigenvalue weighted by molar-refractivity contribution is 0.211. The Balaban J connectivity index is 0.00000180. The molecule has 0 amide bonds. The smallest absolute Gasteiger partial charge is 0.271 e. The third-order valence-electron chi connectivity index (χ3n) is 7.80. The van der Waals surface area contributed by atoms with Gasteiger partial charge in [0, 0.05) is 48.4 Å². The molecule has 1 fully saturated rings. The van der Waals surface area contributed by atoms with Gasteiger partial charge in [-0.3, -0.25) is 29.3 Å². The van der Waals surface area contributed by atoms with Crippen LogP contribution in [0.5, 0.6) is 5.75 Å². The second-order valence-electron chi connectivity index (χ2n) is 10.3. The van der Waals surface area contributed by atoms with Crippen molar-refractivity contribution in [2.45, 2.75) is 25.4 Å². The van der Waals surface area contributed by atoms with Gasteiger partial charge in [-0.25, -0.2) is 4.98 Å². The number of aromatic nitrogens is 2. The Kier molecular flexibility index (Phi) is 8.89. The summed E-state index contributed by atoms with van der Waals surface area (Å²) in [6.07, 6.45) is 3.92. The van der Waals surface area contributed by atoms with Crippen molar-refractivity contribution in [3.63, 3.8) is 0 Å². The highest BCUT2D eigenvalue weighted by Crippen LogP contribution is 2.33. The van der Waals surface area contributed by atoms with Crippen molar-refractivity contribution in [1.82, 2.24) is 14.5 Å². The first-order valence-electron chi connectivity index (χ1n) is 14.1. The summed E-state index contributed by atoms with van der Waals surface area (Å²) in [5.74, 6) is 0.138. The molecule has 1 saturated heterocycles. The summed E-state index contributed by atoms with van der Waals surface area (Å²) in [5.41, 5.74) is 9.38. The number of nitrogens with two attached hydrogens (primary N) is 1. The molecular weight excluding hydrogens is 544 g/mol. The topological polar surface area (TPSA) is 143 Å². The maximum Gasteiger partial charge on any atom is 0.271 e. The molecule has 43 heavy (non-hydrogen) atoms. The van der Waals surface area contributed by atoms with Gasteiger partial charge in [-0.05, 0) is 43.1 Å². The fraction of sp³-hybridized carbons (Fsp3) is 0.242. The van der Waals surface area contributed by atoms with Crippen molar-refractivity contribution in [3.8, 4) is 28.1 Å². The third-order valence-corrected chi connectivity index (χ3v) is 7.80. The average molecular weight is 579 g/mol. The lowest BCUT2D eigenvalue weighted by atomic mass is 9.97. The van der Waals surface area contributed by atoms with Gasteiger partial charge in [0.05, 0.1) is 18.3 Å². The second-order valence-corrected chi connectivity index (χ2v) is 10.3. The van der Waals surface area contributed by atoms with Crippen molar-refractivity contribution >= 4 is 23.0 Å². The van der Waals surface area contributed by atoms with E-state index in [9.17, 15) is 14.4 Å². The van der Waals surface area contributed by atoms with Crippen LogP contribution in [0.15, 0.2) is 82.5 Å². The molecule has 0 unspecified atom stereocenters. The number of nitrogens with one attached hydrogen (secondary N) is 2. The van der Waals surface area contributed by atoms with Gasteiger partial charge in [-0.1, -0.05) is 54.6 Å². The van der Waals surface area contributed by atoms with Crippen LogP contribution in [0.1, 0.15) is 18.4 Å². The van der Waals surface area contributed by atoms with E-state index in [0.29, 0.717) is 23.0 Å². The molecule has 6 rings (SSSR count). The van der Waals surface area contributed by atoms with Crippen LogP contribution >= 0.6 is 0 Å². The van der Waals surface area contributed by atoms with Crippen LogP contribution in [0.25, 0.3) is 33.3 Å². The number of carbonyl (C=O) groups is 1. The SMILES string of the molecule is CN.COc1c(NC2CCN(Cc3ccc(-c4nc5ccn(C=O)c(=N)c5cc4-c4ccccc4)cc3)CC2)c(=O)c1=O. The predicted molar refractivity (Wildman–Crippen MR) is 169 cm³/mol. The highest BCUT2D eigenvalue weighted by Gasteiger charge is 2.26. The number of anilines is 1. The second kappa shape index (κ2) is 12.9. The van der Waals surface area contributed by atoms with Gasteiger partial charge in [-0.2, -0.15) is 0 Å². The Morgan fingerprint density at radius 3 is 2.35 bits per heavy atom. The van der Waals surface area contributed by atoms with Crippen LogP contribution in [-0.4, -0.2) is 54.1 Å². The first-order valence-corrected chi connectivity index (χ1v) is 14.1. The van der Waals surface area contributed by atoms with E-state index in [1.165, 1.54) is 24.3 Å². The fourth-order valence-electron chi connectivity index (χ4n) is 5.52. The first kappa shape index (κ1) is 29.6. The number of rotatable bonds is 8. The fourth-order valence-corrected chi connectivity index (χ4v) is 5.52. The van der Waals surface area contributed by atoms with Crippen LogP contribution in [0.3, 0.4) is 0 Å². The van der Waals surface area contributed by atoms with E-state index in [2.05, 4.69) is 40.2 Å². The largest absolute Gasteiger partial charge is 0.491 e. The van der Waals surface area contributed by atoms with Gasteiger partial charge in [-0.15, -0.1) is 0 Å². The van der Waals surface area contributed by atoms with Crippen molar-refractivity contribution in [3.05, 3.63) is 104 Å².